The smallest absolute Gasteiger partial charge is 0.345 e. The van der Waals surface area contributed by atoms with E-state index in [1.54, 1.807) is 6.07 Å². The minimum absolute atomic E-state index is 0.433. The Hall–Kier alpha value is -1.03. The maximum atomic E-state index is 10.8. The first-order valence-corrected chi connectivity index (χ1v) is 6.10. The zero-order valence-electron chi connectivity index (χ0n) is 8.77. The van der Waals surface area contributed by atoms with Crippen LogP contribution in [-0.2, 0) is 0 Å². The normalized spacial score (nSPS) is 21.7. The standard InChI is InChI=1S/C11H15NO2S/c1-8-4-2-3-7-12(8)10-6-5-9(15-10)11(13)14/h5-6,8H,2-4,7H2,1H3,(H,13,14). The van der Waals surface area contributed by atoms with Gasteiger partial charge in [0.05, 0.1) is 5.00 Å². The van der Waals surface area contributed by atoms with Crippen LogP contribution in [0.15, 0.2) is 12.1 Å². The summed E-state index contributed by atoms with van der Waals surface area (Å²) in [5.74, 6) is -0.823. The van der Waals surface area contributed by atoms with Gasteiger partial charge in [-0.25, -0.2) is 4.79 Å². The van der Waals surface area contributed by atoms with Crippen LogP contribution in [-0.4, -0.2) is 23.7 Å². The molecule has 1 aliphatic rings. The van der Waals surface area contributed by atoms with Gasteiger partial charge in [-0.3, -0.25) is 0 Å². The first-order valence-electron chi connectivity index (χ1n) is 5.28. The number of thiophene rings is 1. The lowest BCUT2D eigenvalue weighted by Gasteiger charge is -2.34. The average molecular weight is 225 g/mol. The second-order valence-corrected chi connectivity index (χ2v) is 5.04. The van der Waals surface area contributed by atoms with Crippen molar-refractivity contribution in [2.24, 2.45) is 0 Å². The molecule has 1 unspecified atom stereocenters. The predicted molar refractivity (Wildman–Crippen MR) is 61.9 cm³/mol. The van der Waals surface area contributed by atoms with Gasteiger partial charge in [0, 0.05) is 12.6 Å². The Bertz CT molecular complexity index is 361. The predicted octanol–water partition coefficient (Wildman–Crippen LogP) is 2.83. The van der Waals surface area contributed by atoms with Crippen LogP contribution < -0.4 is 4.90 Å². The van der Waals surface area contributed by atoms with Crippen molar-refractivity contribution < 1.29 is 9.90 Å². The van der Waals surface area contributed by atoms with Gasteiger partial charge in [-0.2, -0.15) is 0 Å². The second kappa shape index (κ2) is 4.23. The molecule has 0 aliphatic carbocycles. The van der Waals surface area contributed by atoms with Crippen molar-refractivity contribution in [3.05, 3.63) is 17.0 Å². The number of carbonyl (C=O) groups is 1. The van der Waals surface area contributed by atoms with Crippen molar-refractivity contribution in [3.8, 4) is 0 Å². The molecule has 0 bridgehead atoms. The molecule has 1 N–H and O–H groups in total. The van der Waals surface area contributed by atoms with E-state index in [0.717, 1.165) is 11.5 Å². The molecule has 3 nitrogen and oxygen atoms in total. The van der Waals surface area contributed by atoms with Crippen LogP contribution in [0.1, 0.15) is 35.9 Å². The minimum atomic E-state index is -0.823. The average Bonchev–Trinajstić information content (AvgIpc) is 2.67. The summed E-state index contributed by atoms with van der Waals surface area (Å²) in [4.78, 5) is 13.5. The van der Waals surface area contributed by atoms with E-state index in [4.69, 9.17) is 5.11 Å². The fourth-order valence-corrected chi connectivity index (χ4v) is 3.00. The molecule has 0 aromatic carbocycles. The van der Waals surface area contributed by atoms with Crippen molar-refractivity contribution in [2.75, 3.05) is 11.4 Å². The summed E-state index contributed by atoms with van der Waals surface area (Å²) in [6.07, 6.45) is 3.71. The second-order valence-electron chi connectivity index (χ2n) is 3.98. The molecule has 82 valence electrons. The maximum absolute atomic E-state index is 10.8. The van der Waals surface area contributed by atoms with Crippen LogP contribution >= 0.6 is 11.3 Å². The molecule has 0 spiro atoms. The molecule has 1 fully saturated rings. The molecule has 2 heterocycles. The van der Waals surface area contributed by atoms with Gasteiger partial charge >= 0.3 is 5.97 Å². The first kappa shape index (κ1) is 10.5. The van der Waals surface area contributed by atoms with E-state index in [9.17, 15) is 4.79 Å². The molecule has 1 saturated heterocycles. The third-order valence-electron chi connectivity index (χ3n) is 2.89. The summed E-state index contributed by atoms with van der Waals surface area (Å²) >= 11 is 1.38. The maximum Gasteiger partial charge on any atom is 0.345 e. The molecule has 2 rings (SSSR count). The van der Waals surface area contributed by atoms with Crippen LogP contribution in [0.2, 0.25) is 0 Å². The Morgan fingerprint density at radius 1 is 1.53 bits per heavy atom. The van der Waals surface area contributed by atoms with E-state index in [0.29, 0.717) is 10.9 Å². The SMILES string of the molecule is CC1CCCCN1c1ccc(C(=O)O)s1. The Morgan fingerprint density at radius 3 is 2.93 bits per heavy atom. The Balaban J connectivity index is 2.17. The molecule has 1 atom stereocenters. The summed E-state index contributed by atoms with van der Waals surface area (Å²) in [5.41, 5.74) is 0. The van der Waals surface area contributed by atoms with Gasteiger partial charge in [0.15, 0.2) is 0 Å². The van der Waals surface area contributed by atoms with Crippen molar-refractivity contribution >= 4 is 22.3 Å². The number of rotatable bonds is 2. The van der Waals surface area contributed by atoms with Crippen molar-refractivity contribution in [1.29, 1.82) is 0 Å². The minimum Gasteiger partial charge on any atom is -0.477 e. The number of aromatic carboxylic acids is 1. The third-order valence-corrected chi connectivity index (χ3v) is 4.00. The number of hydrogen-bond donors (Lipinski definition) is 1. The van der Waals surface area contributed by atoms with Gasteiger partial charge in [-0.05, 0) is 38.3 Å². The van der Waals surface area contributed by atoms with Crippen LogP contribution in [0, 0.1) is 0 Å². The van der Waals surface area contributed by atoms with Crippen molar-refractivity contribution in [2.45, 2.75) is 32.2 Å². The van der Waals surface area contributed by atoms with E-state index < -0.39 is 5.97 Å². The Morgan fingerprint density at radius 2 is 2.33 bits per heavy atom. The molecule has 1 aromatic heterocycles. The molecule has 0 amide bonds. The largest absolute Gasteiger partial charge is 0.477 e. The molecule has 15 heavy (non-hydrogen) atoms. The topological polar surface area (TPSA) is 40.5 Å². The summed E-state index contributed by atoms with van der Waals surface area (Å²) in [6, 6.07) is 4.17. The third kappa shape index (κ3) is 2.15. The zero-order chi connectivity index (χ0) is 10.8. The first-order chi connectivity index (χ1) is 7.18. The lowest BCUT2D eigenvalue weighted by atomic mass is 10.0. The summed E-state index contributed by atoms with van der Waals surface area (Å²) in [5, 5.41) is 9.95. The number of carboxylic acid groups (broad SMARTS) is 1. The number of carboxylic acids is 1. The van der Waals surface area contributed by atoms with E-state index in [1.165, 1.54) is 30.6 Å². The Labute approximate surface area is 93.3 Å². The monoisotopic (exact) mass is 225 g/mol. The number of anilines is 1. The van der Waals surface area contributed by atoms with E-state index in [1.807, 2.05) is 6.07 Å². The number of nitrogens with zero attached hydrogens (tertiary/aromatic N) is 1. The number of hydrogen-bond acceptors (Lipinski definition) is 3. The quantitative estimate of drug-likeness (QED) is 0.841. The lowest BCUT2D eigenvalue weighted by molar-refractivity contribution is 0.0702. The van der Waals surface area contributed by atoms with Gasteiger partial charge < -0.3 is 10.0 Å². The highest BCUT2D eigenvalue weighted by Crippen LogP contribution is 2.31. The summed E-state index contributed by atoms with van der Waals surface area (Å²) in [6.45, 7) is 3.26. The fourth-order valence-electron chi connectivity index (χ4n) is 2.02. The van der Waals surface area contributed by atoms with Crippen LogP contribution in [0.5, 0.6) is 0 Å². The highest BCUT2D eigenvalue weighted by Gasteiger charge is 2.20. The lowest BCUT2D eigenvalue weighted by Crippen LogP contribution is -2.36. The van der Waals surface area contributed by atoms with E-state index in [-0.39, 0.29) is 0 Å². The molecular formula is C11H15NO2S. The summed E-state index contributed by atoms with van der Waals surface area (Å²) in [7, 11) is 0. The number of piperidine rings is 1. The van der Waals surface area contributed by atoms with E-state index >= 15 is 0 Å². The molecule has 0 saturated carbocycles. The fraction of sp³-hybridized carbons (Fsp3) is 0.545. The van der Waals surface area contributed by atoms with Crippen molar-refractivity contribution in [1.82, 2.24) is 0 Å². The molecular weight excluding hydrogens is 210 g/mol. The highest BCUT2D eigenvalue weighted by atomic mass is 32.1. The highest BCUT2D eigenvalue weighted by molar-refractivity contribution is 7.17. The van der Waals surface area contributed by atoms with Gasteiger partial charge in [0.2, 0.25) is 0 Å². The van der Waals surface area contributed by atoms with Crippen LogP contribution in [0.3, 0.4) is 0 Å². The van der Waals surface area contributed by atoms with Gasteiger partial charge in [-0.15, -0.1) is 11.3 Å². The summed E-state index contributed by atoms with van der Waals surface area (Å²) < 4.78 is 0. The van der Waals surface area contributed by atoms with Crippen molar-refractivity contribution in [3.63, 3.8) is 0 Å². The van der Waals surface area contributed by atoms with Crippen LogP contribution in [0.25, 0.3) is 0 Å². The van der Waals surface area contributed by atoms with Gasteiger partial charge in [0.1, 0.15) is 4.88 Å². The zero-order valence-corrected chi connectivity index (χ0v) is 9.59. The van der Waals surface area contributed by atoms with Crippen LogP contribution in [0.4, 0.5) is 5.00 Å². The van der Waals surface area contributed by atoms with Gasteiger partial charge in [0.25, 0.3) is 0 Å². The van der Waals surface area contributed by atoms with Gasteiger partial charge in [-0.1, -0.05) is 0 Å². The molecule has 1 aromatic rings. The molecule has 1 aliphatic heterocycles. The van der Waals surface area contributed by atoms with E-state index in [2.05, 4.69) is 11.8 Å². The molecule has 0 radical (unpaired) electrons. The Kier molecular flexibility index (Phi) is 2.95. The molecule has 4 heteroatoms.